The van der Waals surface area contributed by atoms with Gasteiger partial charge in [-0.2, -0.15) is 4.31 Å². The standard InChI is InChI=1S/C16H21ClN2O3S2/c17-14-6-7-15(23-14)24(21,22)19-8-2-5-13(19)16(20)18-9-12(10-18)11-3-1-4-11/h6-7,11-13H,1-5,8-10H2. The molecule has 0 bridgehead atoms. The fourth-order valence-electron chi connectivity index (χ4n) is 3.94. The van der Waals surface area contributed by atoms with Crippen LogP contribution in [0.4, 0.5) is 0 Å². The Labute approximate surface area is 151 Å². The van der Waals surface area contributed by atoms with Crippen LogP contribution in [0.3, 0.4) is 0 Å². The van der Waals surface area contributed by atoms with E-state index >= 15 is 0 Å². The Morgan fingerprint density at radius 2 is 1.88 bits per heavy atom. The van der Waals surface area contributed by atoms with E-state index in [-0.39, 0.29) is 10.1 Å². The van der Waals surface area contributed by atoms with Crippen molar-refractivity contribution in [1.29, 1.82) is 0 Å². The fourth-order valence-corrected chi connectivity index (χ4v) is 7.20. The second-order valence-electron chi connectivity index (χ2n) is 7.03. The van der Waals surface area contributed by atoms with E-state index in [0.29, 0.717) is 23.2 Å². The molecule has 2 aliphatic heterocycles. The van der Waals surface area contributed by atoms with E-state index in [2.05, 4.69) is 0 Å². The van der Waals surface area contributed by atoms with Crippen molar-refractivity contribution >= 4 is 38.9 Å². The average Bonchev–Trinajstić information content (AvgIpc) is 3.08. The van der Waals surface area contributed by atoms with Gasteiger partial charge in [-0.05, 0) is 36.8 Å². The first-order valence-electron chi connectivity index (χ1n) is 8.53. The van der Waals surface area contributed by atoms with Gasteiger partial charge in [-0.3, -0.25) is 4.79 Å². The summed E-state index contributed by atoms with van der Waals surface area (Å²) in [5.74, 6) is 1.39. The third kappa shape index (κ3) is 2.79. The maximum Gasteiger partial charge on any atom is 0.253 e. The van der Waals surface area contributed by atoms with Gasteiger partial charge in [0.05, 0.1) is 4.34 Å². The number of hydrogen-bond acceptors (Lipinski definition) is 4. The molecular weight excluding hydrogens is 368 g/mol. The fraction of sp³-hybridized carbons (Fsp3) is 0.688. The number of likely N-dealkylation sites (tertiary alicyclic amines) is 1. The van der Waals surface area contributed by atoms with Crippen molar-refractivity contribution < 1.29 is 13.2 Å². The van der Waals surface area contributed by atoms with E-state index in [4.69, 9.17) is 11.6 Å². The molecule has 8 heteroatoms. The van der Waals surface area contributed by atoms with E-state index in [1.54, 1.807) is 6.07 Å². The summed E-state index contributed by atoms with van der Waals surface area (Å²) in [7, 11) is -3.63. The van der Waals surface area contributed by atoms with Crippen molar-refractivity contribution in [3.05, 3.63) is 16.5 Å². The zero-order valence-electron chi connectivity index (χ0n) is 13.4. The van der Waals surface area contributed by atoms with Crippen LogP contribution in [0, 0.1) is 11.8 Å². The lowest BCUT2D eigenvalue weighted by Gasteiger charge is -2.47. The average molecular weight is 389 g/mol. The third-order valence-corrected chi connectivity index (χ3v) is 9.24. The molecule has 1 saturated carbocycles. The molecule has 1 aromatic rings. The highest BCUT2D eigenvalue weighted by Crippen LogP contribution is 2.39. The molecule has 1 atom stereocenters. The van der Waals surface area contributed by atoms with Crippen molar-refractivity contribution in [3.63, 3.8) is 0 Å². The summed E-state index contributed by atoms with van der Waals surface area (Å²) < 4.78 is 27.7. The van der Waals surface area contributed by atoms with Gasteiger partial charge in [0.1, 0.15) is 10.3 Å². The Hall–Kier alpha value is -0.630. The highest BCUT2D eigenvalue weighted by Gasteiger charge is 2.45. The Balaban J connectivity index is 1.46. The molecule has 3 heterocycles. The Morgan fingerprint density at radius 3 is 2.46 bits per heavy atom. The lowest BCUT2D eigenvalue weighted by Crippen LogP contribution is -2.58. The van der Waals surface area contributed by atoms with Crippen molar-refractivity contribution in [1.82, 2.24) is 9.21 Å². The smallest absolute Gasteiger partial charge is 0.253 e. The van der Waals surface area contributed by atoms with E-state index in [1.807, 2.05) is 4.90 Å². The third-order valence-electron chi connectivity index (χ3n) is 5.64. The molecule has 0 radical (unpaired) electrons. The summed E-state index contributed by atoms with van der Waals surface area (Å²) in [5.41, 5.74) is 0. The van der Waals surface area contributed by atoms with Crippen LogP contribution in [0.5, 0.6) is 0 Å². The summed E-state index contributed by atoms with van der Waals surface area (Å²) in [4.78, 5) is 14.6. The van der Waals surface area contributed by atoms with Gasteiger partial charge in [0.25, 0.3) is 10.0 Å². The quantitative estimate of drug-likeness (QED) is 0.796. The van der Waals surface area contributed by atoms with Gasteiger partial charge < -0.3 is 4.90 Å². The second kappa shape index (κ2) is 6.27. The second-order valence-corrected chi connectivity index (χ2v) is 10.9. The van der Waals surface area contributed by atoms with Crippen LogP contribution in [0.2, 0.25) is 4.34 Å². The predicted octanol–water partition coefficient (Wildman–Crippen LogP) is 2.81. The van der Waals surface area contributed by atoms with Crippen LogP contribution >= 0.6 is 22.9 Å². The highest BCUT2D eigenvalue weighted by molar-refractivity contribution is 7.91. The van der Waals surface area contributed by atoms with Crippen LogP contribution in [0.15, 0.2) is 16.3 Å². The Morgan fingerprint density at radius 1 is 1.12 bits per heavy atom. The summed E-state index contributed by atoms with van der Waals surface area (Å²) in [6, 6.07) is 2.57. The maximum absolute atomic E-state index is 12.8. The number of sulfonamides is 1. The van der Waals surface area contributed by atoms with Crippen LogP contribution < -0.4 is 0 Å². The van der Waals surface area contributed by atoms with Crippen molar-refractivity contribution in [2.24, 2.45) is 11.8 Å². The molecule has 132 valence electrons. The van der Waals surface area contributed by atoms with E-state index in [1.165, 1.54) is 29.6 Å². The summed E-state index contributed by atoms with van der Waals surface area (Å²) in [6.07, 6.45) is 5.23. The predicted molar refractivity (Wildman–Crippen MR) is 93.7 cm³/mol. The van der Waals surface area contributed by atoms with Gasteiger partial charge in [0.2, 0.25) is 5.91 Å². The summed E-state index contributed by atoms with van der Waals surface area (Å²) >= 11 is 6.93. The van der Waals surface area contributed by atoms with Crippen molar-refractivity contribution in [3.8, 4) is 0 Å². The van der Waals surface area contributed by atoms with Gasteiger partial charge in [0.15, 0.2) is 0 Å². The molecule has 1 amide bonds. The lowest BCUT2D eigenvalue weighted by atomic mass is 9.72. The number of rotatable bonds is 4. The van der Waals surface area contributed by atoms with Crippen molar-refractivity contribution in [2.45, 2.75) is 42.4 Å². The van der Waals surface area contributed by atoms with Gasteiger partial charge in [0, 0.05) is 19.6 Å². The molecule has 3 aliphatic rings. The Bertz CT molecular complexity index is 738. The van der Waals surface area contributed by atoms with Crippen LogP contribution in [0.1, 0.15) is 32.1 Å². The molecule has 24 heavy (non-hydrogen) atoms. The molecule has 4 rings (SSSR count). The maximum atomic E-state index is 12.8. The highest BCUT2D eigenvalue weighted by atomic mass is 35.5. The summed E-state index contributed by atoms with van der Waals surface area (Å²) in [5, 5.41) is 0. The Kier molecular flexibility index (Phi) is 4.39. The molecule has 0 N–H and O–H groups in total. The van der Waals surface area contributed by atoms with E-state index in [9.17, 15) is 13.2 Å². The molecule has 0 aromatic carbocycles. The topological polar surface area (TPSA) is 57.7 Å². The number of nitrogens with zero attached hydrogens (tertiary/aromatic N) is 2. The van der Waals surface area contributed by atoms with Gasteiger partial charge in [-0.25, -0.2) is 8.42 Å². The van der Waals surface area contributed by atoms with Crippen molar-refractivity contribution in [2.75, 3.05) is 19.6 Å². The molecule has 1 aromatic heterocycles. The minimum atomic E-state index is -3.63. The van der Waals surface area contributed by atoms with E-state index in [0.717, 1.165) is 36.8 Å². The first-order valence-corrected chi connectivity index (χ1v) is 11.2. The van der Waals surface area contributed by atoms with Crippen LogP contribution in [-0.2, 0) is 14.8 Å². The first kappa shape index (κ1) is 16.8. The monoisotopic (exact) mass is 388 g/mol. The number of carbonyl (C=O) groups excluding carboxylic acids is 1. The molecule has 1 unspecified atom stereocenters. The van der Waals surface area contributed by atoms with Crippen LogP contribution in [0.25, 0.3) is 0 Å². The summed E-state index contributed by atoms with van der Waals surface area (Å²) in [6.45, 7) is 2.02. The molecule has 0 spiro atoms. The SMILES string of the molecule is O=C(C1CCCN1S(=O)(=O)c1ccc(Cl)s1)N1CC(C2CCC2)C1. The number of hydrogen-bond donors (Lipinski definition) is 0. The molecule has 5 nitrogen and oxygen atoms in total. The minimum Gasteiger partial charge on any atom is -0.341 e. The largest absolute Gasteiger partial charge is 0.341 e. The molecule has 3 fully saturated rings. The van der Waals surface area contributed by atoms with Gasteiger partial charge >= 0.3 is 0 Å². The number of halogens is 1. The van der Waals surface area contributed by atoms with Gasteiger partial charge in [-0.15, -0.1) is 11.3 Å². The number of amides is 1. The molecule has 1 aliphatic carbocycles. The lowest BCUT2D eigenvalue weighted by molar-refractivity contribution is -0.143. The number of thiophene rings is 1. The zero-order chi connectivity index (χ0) is 16.9. The first-order chi connectivity index (χ1) is 11.5. The molecule has 2 saturated heterocycles. The normalized spacial score (nSPS) is 26.4. The minimum absolute atomic E-state index is 0.0192. The van der Waals surface area contributed by atoms with Crippen LogP contribution in [-0.4, -0.2) is 49.2 Å². The zero-order valence-corrected chi connectivity index (χ0v) is 15.7. The molecular formula is C16H21ClN2O3S2. The number of carbonyl (C=O) groups is 1. The van der Waals surface area contributed by atoms with E-state index < -0.39 is 16.1 Å². The van der Waals surface area contributed by atoms with Gasteiger partial charge in [-0.1, -0.05) is 30.9 Å².